The minimum Gasteiger partial charge on any atom is -0.485 e. The standard InChI is InChI=1S/C13H9BrClF2NO/c14-9-4-8(16)5-11(18)13(9)19-6-7-2-1-3-10(17)12(7)15/h1-5H,6,18H2. The van der Waals surface area contributed by atoms with E-state index in [1.54, 1.807) is 6.07 Å². The smallest absolute Gasteiger partial charge is 0.157 e. The van der Waals surface area contributed by atoms with Gasteiger partial charge in [0.1, 0.15) is 18.2 Å². The Balaban J connectivity index is 2.22. The summed E-state index contributed by atoms with van der Waals surface area (Å²) in [5.74, 6) is -0.698. The first-order chi connectivity index (χ1) is 8.99. The minimum absolute atomic E-state index is 0.000643. The van der Waals surface area contributed by atoms with E-state index < -0.39 is 11.6 Å². The topological polar surface area (TPSA) is 35.2 Å². The van der Waals surface area contributed by atoms with Gasteiger partial charge in [0.05, 0.1) is 15.2 Å². The molecule has 2 N–H and O–H groups in total. The van der Waals surface area contributed by atoms with Gasteiger partial charge in [-0.05, 0) is 28.1 Å². The van der Waals surface area contributed by atoms with Gasteiger partial charge in [-0.15, -0.1) is 0 Å². The highest BCUT2D eigenvalue weighted by molar-refractivity contribution is 9.10. The summed E-state index contributed by atoms with van der Waals surface area (Å²) >= 11 is 8.96. The number of halogens is 4. The van der Waals surface area contributed by atoms with Gasteiger partial charge in [-0.25, -0.2) is 8.78 Å². The Labute approximate surface area is 122 Å². The van der Waals surface area contributed by atoms with E-state index in [1.807, 2.05) is 0 Å². The molecular formula is C13H9BrClF2NO. The van der Waals surface area contributed by atoms with Crippen molar-refractivity contribution in [1.82, 2.24) is 0 Å². The minimum atomic E-state index is -0.520. The van der Waals surface area contributed by atoms with Crippen molar-refractivity contribution in [2.24, 2.45) is 0 Å². The van der Waals surface area contributed by atoms with Gasteiger partial charge in [0.25, 0.3) is 0 Å². The number of hydrogen-bond acceptors (Lipinski definition) is 2. The summed E-state index contributed by atoms with van der Waals surface area (Å²) in [4.78, 5) is 0. The Kier molecular flexibility index (Phi) is 4.27. The van der Waals surface area contributed by atoms with Crippen molar-refractivity contribution in [2.45, 2.75) is 6.61 Å². The van der Waals surface area contributed by atoms with Crippen LogP contribution in [0.3, 0.4) is 0 Å². The van der Waals surface area contributed by atoms with Crippen LogP contribution in [-0.4, -0.2) is 0 Å². The summed E-state index contributed by atoms with van der Waals surface area (Å²) in [7, 11) is 0. The highest BCUT2D eigenvalue weighted by Crippen LogP contribution is 2.33. The molecule has 2 rings (SSSR count). The molecule has 2 nitrogen and oxygen atoms in total. The summed E-state index contributed by atoms with van der Waals surface area (Å²) in [5.41, 5.74) is 6.29. The average Bonchev–Trinajstić information content (AvgIpc) is 2.33. The second kappa shape index (κ2) is 5.75. The lowest BCUT2D eigenvalue weighted by Gasteiger charge is -2.12. The number of benzene rings is 2. The molecule has 0 saturated heterocycles. The Bertz CT molecular complexity index is 599. The molecule has 0 aromatic heterocycles. The van der Waals surface area contributed by atoms with Crippen LogP contribution in [0, 0.1) is 11.6 Å². The van der Waals surface area contributed by atoms with Crippen LogP contribution in [0.15, 0.2) is 34.8 Å². The zero-order valence-corrected chi connectivity index (χ0v) is 11.9. The Morgan fingerprint density at radius 2 is 2.00 bits per heavy atom. The van der Waals surface area contributed by atoms with E-state index in [0.29, 0.717) is 15.8 Å². The lowest BCUT2D eigenvalue weighted by molar-refractivity contribution is 0.305. The molecule has 0 aliphatic carbocycles. The van der Waals surface area contributed by atoms with Gasteiger partial charge in [0.15, 0.2) is 5.75 Å². The van der Waals surface area contributed by atoms with Crippen molar-refractivity contribution in [3.63, 3.8) is 0 Å². The first-order valence-corrected chi connectivity index (χ1v) is 6.46. The maximum atomic E-state index is 13.2. The highest BCUT2D eigenvalue weighted by atomic mass is 79.9. The average molecular weight is 349 g/mol. The number of nitrogen functional groups attached to an aromatic ring is 1. The molecule has 0 saturated carbocycles. The Hall–Kier alpha value is -1.33. The quantitative estimate of drug-likeness (QED) is 0.826. The van der Waals surface area contributed by atoms with E-state index in [1.165, 1.54) is 18.2 Å². The van der Waals surface area contributed by atoms with Gasteiger partial charge >= 0.3 is 0 Å². The first kappa shape index (κ1) is 14.1. The maximum Gasteiger partial charge on any atom is 0.157 e. The molecule has 0 atom stereocenters. The summed E-state index contributed by atoms with van der Waals surface area (Å²) in [5, 5.41) is -0.000643. The van der Waals surface area contributed by atoms with Crippen molar-refractivity contribution in [3.05, 3.63) is 57.0 Å². The van der Waals surface area contributed by atoms with E-state index in [0.717, 1.165) is 6.07 Å². The highest BCUT2D eigenvalue weighted by Gasteiger charge is 2.11. The molecule has 0 heterocycles. The third-order valence-electron chi connectivity index (χ3n) is 2.44. The van der Waals surface area contributed by atoms with Crippen molar-refractivity contribution in [3.8, 4) is 5.75 Å². The second-order valence-electron chi connectivity index (χ2n) is 3.81. The van der Waals surface area contributed by atoms with Crippen LogP contribution in [0.1, 0.15) is 5.56 Å². The Morgan fingerprint density at radius 3 is 2.68 bits per heavy atom. The molecule has 0 fully saturated rings. The molecule has 0 aliphatic rings. The lowest BCUT2D eigenvalue weighted by atomic mass is 10.2. The molecule has 2 aromatic rings. The molecule has 0 amide bonds. The van der Waals surface area contributed by atoms with Crippen molar-refractivity contribution < 1.29 is 13.5 Å². The van der Waals surface area contributed by atoms with Gasteiger partial charge < -0.3 is 10.5 Å². The molecular weight excluding hydrogens is 340 g/mol. The van der Waals surface area contributed by atoms with Gasteiger partial charge in [-0.1, -0.05) is 23.7 Å². The van der Waals surface area contributed by atoms with E-state index in [-0.39, 0.29) is 17.3 Å². The third-order valence-corrected chi connectivity index (χ3v) is 3.45. The van der Waals surface area contributed by atoms with Crippen LogP contribution < -0.4 is 10.5 Å². The van der Waals surface area contributed by atoms with Crippen molar-refractivity contribution in [2.75, 3.05) is 5.73 Å². The van der Waals surface area contributed by atoms with Crippen LogP contribution >= 0.6 is 27.5 Å². The van der Waals surface area contributed by atoms with E-state index >= 15 is 0 Å². The van der Waals surface area contributed by atoms with Crippen molar-refractivity contribution in [1.29, 1.82) is 0 Å². The largest absolute Gasteiger partial charge is 0.485 e. The van der Waals surface area contributed by atoms with Gasteiger partial charge in [0.2, 0.25) is 0 Å². The zero-order chi connectivity index (χ0) is 14.0. The molecule has 0 spiro atoms. The van der Waals surface area contributed by atoms with Crippen LogP contribution in [0.5, 0.6) is 5.75 Å². The number of ether oxygens (including phenoxy) is 1. The molecule has 0 aliphatic heterocycles. The summed E-state index contributed by atoms with van der Waals surface area (Å²) in [6.45, 7) is 0.0328. The van der Waals surface area contributed by atoms with E-state index in [2.05, 4.69) is 15.9 Å². The fourth-order valence-corrected chi connectivity index (χ4v) is 2.29. The summed E-state index contributed by atoms with van der Waals surface area (Å²) in [6.07, 6.45) is 0. The fraction of sp³-hybridized carbons (Fsp3) is 0.0769. The van der Waals surface area contributed by atoms with Crippen LogP contribution in [-0.2, 0) is 6.61 Å². The number of rotatable bonds is 3. The number of anilines is 1. The van der Waals surface area contributed by atoms with Gasteiger partial charge in [0, 0.05) is 11.6 Å². The molecule has 2 aromatic carbocycles. The molecule has 0 unspecified atom stereocenters. The van der Waals surface area contributed by atoms with Gasteiger partial charge in [-0.2, -0.15) is 0 Å². The monoisotopic (exact) mass is 347 g/mol. The van der Waals surface area contributed by atoms with E-state index in [9.17, 15) is 8.78 Å². The predicted molar refractivity (Wildman–Crippen MR) is 74.3 cm³/mol. The molecule has 0 bridgehead atoms. The molecule has 19 heavy (non-hydrogen) atoms. The van der Waals surface area contributed by atoms with E-state index in [4.69, 9.17) is 22.1 Å². The summed E-state index contributed by atoms with van der Waals surface area (Å²) < 4.78 is 32.1. The molecule has 100 valence electrons. The van der Waals surface area contributed by atoms with Crippen molar-refractivity contribution >= 4 is 33.2 Å². The Morgan fingerprint density at radius 1 is 1.26 bits per heavy atom. The zero-order valence-electron chi connectivity index (χ0n) is 9.59. The maximum absolute atomic E-state index is 13.2. The second-order valence-corrected chi connectivity index (χ2v) is 5.04. The molecule has 0 radical (unpaired) electrons. The first-order valence-electron chi connectivity index (χ1n) is 5.29. The van der Waals surface area contributed by atoms with Crippen LogP contribution in [0.2, 0.25) is 5.02 Å². The van der Waals surface area contributed by atoms with Gasteiger partial charge in [-0.3, -0.25) is 0 Å². The SMILES string of the molecule is Nc1cc(F)cc(Br)c1OCc1cccc(F)c1Cl. The normalized spacial score (nSPS) is 10.5. The fourth-order valence-electron chi connectivity index (χ4n) is 1.54. The summed E-state index contributed by atoms with van der Waals surface area (Å²) in [6, 6.07) is 6.81. The molecule has 6 heteroatoms. The van der Waals surface area contributed by atoms with Crippen LogP contribution in [0.25, 0.3) is 0 Å². The predicted octanol–water partition coefficient (Wildman–Crippen LogP) is 4.54. The lowest BCUT2D eigenvalue weighted by Crippen LogP contribution is -2.01. The number of hydrogen-bond donors (Lipinski definition) is 1. The number of nitrogens with two attached hydrogens (primary N) is 1. The third kappa shape index (κ3) is 3.16. The van der Waals surface area contributed by atoms with Crippen LogP contribution in [0.4, 0.5) is 14.5 Å².